The van der Waals surface area contributed by atoms with E-state index in [2.05, 4.69) is 5.10 Å². The highest BCUT2D eigenvalue weighted by Gasteiger charge is 2.15. The third-order valence-corrected chi connectivity index (χ3v) is 2.33. The first kappa shape index (κ1) is 11.1. The number of halogens is 1. The summed E-state index contributed by atoms with van der Waals surface area (Å²) < 4.78 is 14.2. The van der Waals surface area contributed by atoms with Crippen LogP contribution in [0, 0.1) is 5.82 Å². The first-order chi connectivity index (χ1) is 7.99. The second kappa shape index (κ2) is 3.89. The Morgan fingerprint density at radius 1 is 1.41 bits per heavy atom. The first-order valence-corrected chi connectivity index (χ1v) is 4.75. The van der Waals surface area contributed by atoms with Crippen molar-refractivity contribution in [2.75, 3.05) is 0 Å². The van der Waals surface area contributed by atoms with E-state index in [1.165, 1.54) is 19.2 Å². The lowest BCUT2D eigenvalue weighted by Crippen LogP contribution is -2.04. The van der Waals surface area contributed by atoms with E-state index >= 15 is 0 Å². The zero-order valence-electron chi connectivity index (χ0n) is 8.88. The molecule has 0 fully saturated rings. The van der Waals surface area contributed by atoms with Crippen molar-refractivity contribution in [3.05, 3.63) is 35.8 Å². The third-order valence-electron chi connectivity index (χ3n) is 2.33. The van der Waals surface area contributed by atoms with Crippen molar-refractivity contribution in [3.8, 4) is 17.0 Å². The number of carboxylic acid groups (broad SMARTS) is 1. The number of aromatic hydroxyl groups is 1. The molecule has 2 rings (SSSR count). The third kappa shape index (κ3) is 1.96. The number of aryl methyl sites for hydroxylation is 1. The van der Waals surface area contributed by atoms with Crippen LogP contribution in [0.25, 0.3) is 11.3 Å². The van der Waals surface area contributed by atoms with Crippen molar-refractivity contribution in [2.45, 2.75) is 0 Å². The van der Waals surface area contributed by atoms with Gasteiger partial charge in [0.25, 0.3) is 0 Å². The predicted octanol–water partition coefficient (Wildman–Crippen LogP) is 1.63. The molecule has 0 saturated carbocycles. The molecule has 0 unspecified atom stereocenters. The number of hydrogen-bond acceptors (Lipinski definition) is 3. The van der Waals surface area contributed by atoms with E-state index in [0.29, 0.717) is 0 Å². The van der Waals surface area contributed by atoms with Crippen LogP contribution < -0.4 is 0 Å². The minimum Gasteiger partial charge on any atom is -0.507 e. The number of nitrogens with zero attached hydrogens (tertiary/aromatic N) is 2. The first-order valence-electron chi connectivity index (χ1n) is 4.75. The average Bonchev–Trinajstić information content (AvgIpc) is 2.64. The molecule has 0 atom stereocenters. The van der Waals surface area contributed by atoms with Gasteiger partial charge in [0.15, 0.2) is 0 Å². The fourth-order valence-electron chi connectivity index (χ4n) is 1.51. The molecular formula is C11H9FN2O3. The smallest absolute Gasteiger partial charge is 0.354 e. The van der Waals surface area contributed by atoms with Gasteiger partial charge in [-0.25, -0.2) is 9.18 Å². The zero-order chi connectivity index (χ0) is 12.6. The second-order valence-electron chi connectivity index (χ2n) is 3.51. The monoisotopic (exact) mass is 236 g/mol. The van der Waals surface area contributed by atoms with E-state index in [4.69, 9.17) is 5.11 Å². The van der Waals surface area contributed by atoms with Gasteiger partial charge >= 0.3 is 5.97 Å². The molecule has 0 saturated heterocycles. The normalized spacial score (nSPS) is 10.5. The van der Waals surface area contributed by atoms with Crippen LogP contribution in [0.3, 0.4) is 0 Å². The molecule has 0 spiro atoms. The van der Waals surface area contributed by atoms with Gasteiger partial charge in [0.2, 0.25) is 0 Å². The number of carboxylic acids is 1. The van der Waals surface area contributed by atoms with Gasteiger partial charge in [0.1, 0.15) is 17.3 Å². The maximum absolute atomic E-state index is 13.0. The van der Waals surface area contributed by atoms with Gasteiger partial charge in [-0.2, -0.15) is 5.10 Å². The topological polar surface area (TPSA) is 75.3 Å². The van der Waals surface area contributed by atoms with Crippen LogP contribution in [0.5, 0.6) is 5.75 Å². The van der Waals surface area contributed by atoms with Crippen LogP contribution in [0.15, 0.2) is 24.3 Å². The number of rotatable bonds is 2. The Kier molecular flexibility index (Phi) is 2.55. The SMILES string of the molecule is Cn1nc(-c2cc(F)ccc2O)cc1C(=O)O. The minimum atomic E-state index is -1.14. The molecule has 0 aliphatic carbocycles. The number of aromatic nitrogens is 2. The van der Waals surface area contributed by atoms with Crippen molar-refractivity contribution in [2.24, 2.45) is 7.05 Å². The highest BCUT2D eigenvalue weighted by atomic mass is 19.1. The Labute approximate surface area is 95.7 Å². The molecule has 0 aliphatic rings. The molecule has 1 aromatic heterocycles. The summed E-state index contributed by atoms with van der Waals surface area (Å²) in [6.45, 7) is 0. The van der Waals surface area contributed by atoms with Gasteiger partial charge in [0, 0.05) is 12.6 Å². The average molecular weight is 236 g/mol. The molecule has 1 heterocycles. The molecule has 17 heavy (non-hydrogen) atoms. The molecule has 2 aromatic rings. The largest absolute Gasteiger partial charge is 0.507 e. The predicted molar refractivity (Wildman–Crippen MR) is 57.2 cm³/mol. The molecular weight excluding hydrogens is 227 g/mol. The number of aromatic carboxylic acids is 1. The Morgan fingerprint density at radius 3 is 2.71 bits per heavy atom. The van der Waals surface area contributed by atoms with Gasteiger partial charge in [0.05, 0.1) is 5.69 Å². The molecule has 2 N–H and O–H groups in total. The fraction of sp³-hybridized carbons (Fsp3) is 0.0909. The van der Waals surface area contributed by atoms with Crippen LogP contribution in [-0.4, -0.2) is 26.0 Å². The molecule has 6 heteroatoms. The number of benzene rings is 1. The van der Waals surface area contributed by atoms with Crippen LogP contribution in [0.2, 0.25) is 0 Å². The lowest BCUT2D eigenvalue weighted by molar-refractivity contribution is 0.0685. The van der Waals surface area contributed by atoms with Crippen molar-refractivity contribution >= 4 is 5.97 Å². The fourth-order valence-corrected chi connectivity index (χ4v) is 1.51. The summed E-state index contributed by atoms with van der Waals surface area (Å²) in [4.78, 5) is 10.8. The molecule has 88 valence electrons. The molecule has 1 aromatic carbocycles. The maximum atomic E-state index is 13.0. The quantitative estimate of drug-likeness (QED) is 0.830. The molecule has 0 radical (unpaired) electrons. The Hall–Kier alpha value is -2.37. The van der Waals surface area contributed by atoms with E-state index in [0.717, 1.165) is 16.8 Å². The summed E-state index contributed by atoms with van der Waals surface area (Å²) in [7, 11) is 1.46. The van der Waals surface area contributed by atoms with E-state index in [1.54, 1.807) is 0 Å². The zero-order valence-corrected chi connectivity index (χ0v) is 8.88. The Morgan fingerprint density at radius 2 is 2.12 bits per heavy atom. The standard InChI is InChI=1S/C11H9FN2O3/c1-14-9(11(16)17)5-8(13-14)7-4-6(12)2-3-10(7)15/h2-5,15H,1H3,(H,16,17). The van der Waals surface area contributed by atoms with Gasteiger partial charge in [-0.1, -0.05) is 0 Å². The number of hydrogen-bond donors (Lipinski definition) is 2. The highest BCUT2D eigenvalue weighted by molar-refractivity contribution is 5.87. The summed E-state index contributed by atoms with van der Waals surface area (Å²) in [5.41, 5.74) is 0.332. The van der Waals surface area contributed by atoms with Crippen LogP contribution >= 0.6 is 0 Å². The van der Waals surface area contributed by atoms with Gasteiger partial charge < -0.3 is 10.2 Å². The van der Waals surface area contributed by atoms with E-state index in [9.17, 15) is 14.3 Å². The van der Waals surface area contributed by atoms with E-state index in [-0.39, 0.29) is 22.7 Å². The lowest BCUT2D eigenvalue weighted by Gasteiger charge is -2.00. The summed E-state index contributed by atoms with van der Waals surface area (Å²) in [6.07, 6.45) is 0. The second-order valence-corrected chi connectivity index (χ2v) is 3.51. The number of phenols is 1. The number of phenolic OH excluding ortho intramolecular Hbond substituents is 1. The van der Waals surface area contributed by atoms with Crippen LogP contribution in [0.1, 0.15) is 10.5 Å². The lowest BCUT2D eigenvalue weighted by atomic mass is 10.1. The van der Waals surface area contributed by atoms with Gasteiger partial charge in [-0.05, 0) is 24.3 Å². The number of carbonyl (C=O) groups is 1. The summed E-state index contributed by atoms with van der Waals surface area (Å²) in [6, 6.07) is 4.68. The van der Waals surface area contributed by atoms with Crippen molar-refractivity contribution in [1.82, 2.24) is 9.78 Å². The highest BCUT2D eigenvalue weighted by Crippen LogP contribution is 2.29. The molecule has 0 amide bonds. The van der Waals surface area contributed by atoms with Gasteiger partial charge in [-0.15, -0.1) is 0 Å². The molecule has 0 bridgehead atoms. The van der Waals surface area contributed by atoms with Crippen molar-refractivity contribution in [3.63, 3.8) is 0 Å². The minimum absolute atomic E-state index is 0.0383. The van der Waals surface area contributed by atoms with Crippen LogP contribution in [-0.2, 0) is 7.05 Å². The van der Waals surface area contributed by atoms with E-state index < -0.39 is 11.8 Å². The summed E-state index contributed by atoms with van der Waals surface area (Å²) in [5.74, 6) is -1.82. The van der Waals surface area contributed by atoms with Gasteiger partial charge in [-0.3, -0.25) is 4.68 Å². The maximum Gasteiger partial charge on any atom is 0.354 e. The molecule has 0 aliphatic heterocycles. The summed E-state index contributed by atoms with van der Waals surface area (Å²) in [5, 5.41) is 22.3. The Bertz CT molecular complexity index is 592. The van der Waals surface area contributed by atoms with Crippen molar-refractivity contribution in [1.29, 1.82) is 0 Å². The van der Waals surface area contributed by atoms with E-state index in [1.807, 2.05) is 0 Å². The molecule has 5 nitrogen and oxygen atoms in total. The summed E-state index contributed by atoms with van der Waals surface area (Å²) >= 11 is 0. The van der Waals surface area contributed by atoms with Crippen LogP contribution in [0.4, 0.5) is 4.39 Å². The Balaban J connectivity index is 2.57. The van der Waals surface area contributed by atoms with Crippen molar-refractivity contribution < 1.29 is 19.4 Å².